The molecule has 0 amide bonds. The minimum Gasteiger partial charge on any atom is -0.326 e. The van der Waals surface area contributed by atoms with Gasteiger partial charge in [-0.15, -0.1) is 0 Å². The molecule has 0 bridgehead atoms. The molecule has 0 fully saturated rings. The molecule has 1 aromatic rings. The third-order valence-electron chi connectivity index (χ3n) is 2.78. The first-order valence-electron chi connectivity index (χ1n) is 5.79. The quantitative estimate of drug-likeness (QED) is 0.832. The van der Waals surface area contributed by atoms with Gasteiger partial charge < -0.3 is 5.73 Å². The summed E-state index contributed by atoms with van der Waals surface area (Å²) in [5.74, 6) is -0.197. The molecule has 0 heterocycles. The van der Waals surface area contributed by atoms with E-state index in [1.165, 1.54) is 6.07 Å². The molecule has 1 rings (SSSR count). The largest absolute Gasteiger partial charge is 0.326 e. The zero-order chi connectivity index (χ0) is 12.1. The molecule has 0 spiro atoms. The predicted molar refractivity (Wildman–Crippen MR) is 65.5 cm³/mol. The van der Waals surface area contributed by atoms with Crippen molar-refractivity contribution in [3.8, 4) is 0 Å². The molecule has 0 saturated carbocycles. The molecule has 0 saturated heterocycles. The second-order valence-corrected chi connectivity index (χ2v) is 4.33. The Morgan fingerprint density at radius 1 is 1.25 bits per heavy atom. The summed E-state index contributed by atoms with van der Waals surface area (Å²) in [5.41, 5.74) is 7.38. The van der Waals surface area contributed by atoms with Crippen LogP contribution in [0.15, 0.2) is 18.2 Å². The Morgan fingerprint density at radius 3 is 2.38 bits per heavy atom. The lowest BCUT2D eigenvalue weighted by atomic mass is 10.1. The van der Waals surface area contributed by atoms with Crippen LogP contribution in [0.3, 0.4) is 0 Å². The Balaban J connectivity index is 2.83. The second kappa shape index (κ2) is 5.97. The van der Waals surface area contributed by atoms with Crippen molar-refractivity contribution in [2.75, 3.05) is 6.54 Å². The molecule has 0 radical (unpaired) electrons. The second-order valence-electron chi connectivity index (χ2n) is 4.33. The number of nitrogens with two attached hydrogens (primary N) is 1. The number of halogens is 1. The van der Waals surface area contributed by atoms with Gasteiger partial charge in [-0.25, -0.2) is 4.39 Å². The number of hydrogen-bond acceptors (Lipinski definition) is 2. The molecule has 0 aromatic heterocycles. The van der Waals surface area contributed by atoms with E-state index in [1.54, 1.807) is 6.07 Å². The van der Waals surface area contributed by atoms with Gasteiger partial charge in [0.2, 0.25) is 0 Å². The average molecular weight is 224 g/mol. The molecule has 0 aliphatic heterocycles. The van der Waals surface area contributed by atoms with Gasteiger partial charge >= 0.3 is 0 Å². The molecule has 16 heavy (non-hydrogen) atoms. The van der Waals surface area contributed by atoms with Gasteiger partial charge in [0.25, 0.3) is 0 Å². The average Bonchev–Trinajstić information content (AvgIpc) is 2.24. The van der Waals surface area contributed by atoms with Gasteiger partial charge in [-0.05, 0) is 43.7 Å². The Hall–Kier alpha value is -0.930. The molecule has 0 aliphatic rings. The van der Waals surface area contributed by atoms with Crippen molar-refractivity contribution in [1.29, 1.82) is 0 Å². The fraction of sp³-hybridized carbons (Fsp3) is 0.538. The molecule has 90 valence electrons. The van der Waals surface area contributed by atoms with E-state index in [-0.39, 0.29) is 5.82 Å². The van der Waals surface area contributed by atoms with Crippen LogP contribution in [0.25, 0.3) is 0 Å². The molecular formula is C13H21FN2. The van der Waals surface area contributed by atoms with Crippen molar-refractivity contribution < 1.29 is 4.39 Å². The molecular weight excluding hydrogens is 203 g/mol. The van der Waals surface area contributed by atoms with Crippen molar-refractivity contribution in [1.82, 2.24) is 4.90 Å². The van der Waals surface area contributed by atoms with Crippen LogP contribution in [0, 0.1) is 5.82 Å². The Labute approximate surface area is 97.3 Å². The molecule has 1 aromatic carbocycles. The Kier molecular flexibility index (Phi) is 4.90. The summed E-state index contributed by atoms with van der Waals surface area (Å²) in [5, 5.41) is 0. The number of nitrogens with zero attached hydrogens (tertiary/aromatic N) is 1. The SMILES string of the molecule is CCN(Cc1cc(F)cc(CN)c1)C(C)C. The number of hydrogen-bond donors (Lipinski definition) is 1. The van der Waals surface area contributed by atoms with Gasteiger partial charge in [0.1, 0.15) is 5.82 Å². The van der Waals surface area contributed by atoms with Gasteiger partial charge in [0, 0.05) is 19.1 Å². The lowest BCUT2D eigenvalue weighted by Crippen LogP contribution is -2.30. The van der Waals surface area contributed by atoms with Crippen LogP contribution >= 0.6 is 0 Å². The van der Waals surface area contributed by atoms with E-state index in [0.717, 1.165) is 24.2 Å². The number of rotatable bonds is 5. The summed E-state index contributed by atoms with van der Waals surface area (Å²) in [6, 6.07) is 5.53. The first-order chi connectivity index (χ1) is 7.56. The zero-order valence-electron chi connectivity index (χ0n) is 10.3. The van der Waals surface area contributed by atoms with Crippen molar-refractivity contribution in [2.24, 2.45) is 5.73 Å². The van der Waals surface area contributed by atoms with Crippen molar-refractivity contribution in [3.63, 3.8) is 0 Å². The van der Waals surface area contributed by atoms with E-state index >= 15 is 0 Å². The number of benzene rings is 1. The monoisotopic (exact) mass is 224 g/mol. The highest BCUT2D eigenvalue weighted by Crippen LogP contribution is 2.12. The summed E-state index contributed by atoms with van der Waals surface area (Å²) in [7, 11) is 0. The highest BCUT2D eigenvalue weighted by Gasteiger charge is 2.08. The molecule has 0 atom stereocenters. The molecule has 2 N–H and O–H groups in total. The first-order valence-corrected chi connectivity index (χ1v) is 5.79. The van der Waals surface area contributed by atoms with E-state index in [1.807, 2.05) is 6.07 Å². The van der Waals surface area contributed by atoms with Crippen molar-refractivity contribution >= 4 is 0 Å². The minimum atomic E-state index is -0.197. The summed E-state index contributed by atoms with van der Waals surface area (Å²) in [6.07, 6.45) is 0. The van der Waals surface area contributed by atoms with Crippen LogP contribution < -0.4 is 5.73 Å². The van der Waals surface area contributed by atoms with Crippen LogP contribution in [0.4, 0.5) is 4.39 Å². The van der Waals surface area contributed by atoms with Crippen molar-refractivity contribution in [3.05, 3.63) is 35.1 Å². The van der Waals surface area contributed by atoms with Crippen LogP contribution in [-0.4, -0.2) is 17.5 Å². The smallest absolute Gasteiger partial charge is 0.123 e. The summed E-state index contributed by atoms with van der Waals surface area (Å²) >= 11 is 0. The third kappa shape index (κ3) is 3.58. The van der Waals surface area contributed by atoms with Gasteiger partial charge in [0.15, 0.2) is 0 Å². The van der Waals surface area contributed by atoms with E-state index in [9.17, 15) is 4.39 Å². The Bertz CT molecular complexity index is 337. The third-order valence-corrected chi connectivity index (χ3v) is 2.78. The molecule has 3 heteroatoms. The normalized spacial score (nSPS) is 11.4. The summed E-state index contributed by atoms with van der Waals surface area (Å²) in [4.78, 5) is 2.29. The van der Waals surface area contributed by atoms with E-state index in [0.29, 0.717) is 12.6 Å². The maximum absolute atomic E-state index is 13.3. The molecule has 0 aliphatic carbocycles. The lowest BCUT2D eigenvalue weighted by Gasteiger charge is -2.25. The minimum absolute atomic E-state index is 0.197. The molecule has 2 nitrogen and oxygen atoms in total. The maximum Gasteiger partial charge on any atom is 0.123 e. The standard InChI is InChI=1S/C13H21FN2/c1-4-16(10(2)3)9-12-5-11(8-15)6-13(14)7-12/h5-7,10H,4,8-9,15H2,1-3H3. The highest BCUT2D eigenvalue weighted by molar-refractivity contribution is 5.24. The van der Waals surface area contributed by atoms with Crippen LogP contribution in [0.5, 0.6) is 0 Å². The fourth-order valence-corrected chi connectivity index (χ4v) is 1.82. The maximum atomic E-state index is 13.3. The van der Waals surface area contributed by atoms with Gasteiger partial charge in [-0.3, -0.25) is 4.90 Å². The predicted octanol–water partition coefficient (Wildman–Crippen LogP) is 2.51. The summed E-state index contributed by atoms with van der Waals surface area (Å²) in [6.45, 7) is 8.53. The summed E-state index contributed by atoms with van der Waals surface area (Å²) < 4.78 is 13.3. The highest BCUT2D eigenvalue weighted by atomic mass is 19.1. The van der Waals surface area contributed by atoms with Gasteiger partial charge in [0.05, 0.1) is 0 Å². The van der Waals surface area contributed by atoms with Gasteiger partial charge in [-0.1, -0.05) is 13.0 Å². The van der Waals surface area contributed by atoms with E-state index < -0.39 is 0 Å². The topological polar surface area (TPSA) is 29.3 Å². The van der Waals surface area contributed by atoms with Crippen molar-refractivity contribution in [2.45, 2.75) is 39.9 Å². The Morgan fingerprint density at radius 2 is 1.88 bits per heavy atom. The lowest BCUT2D eigenvalue weighted by molar-refractivity contribution is 0.224. The van der Waals surface area contributed by atoms with Gasteiger partial charge in [-0.2, -0.15) is 0 Å². The zero-order valence-corrected chi connectivity index (χ0v) is 10.3. The molecule has 0 unspecified atom stereocenters. The van der Waals surface area contributed by atoms with Crippen LogP contribution in [0.2, 0.25) is 0 Å². The first kappa shape index (κ1) is 13.1. The fourth-order valence-electron chi connectivity index (χ4n) is 1.82. The van der Waals surface area contributed by atoms with E-state index in [2.05, 4.69) is 25.7 Å². The van der Waals surface area contributed by atoms with Crippen LogP contribution in [0.1, 0.15) is 31.9 Å². The van der Waals surface area contributed by atoms with Crippen LogP contribution in [-0.2, 0) is 13.1 Å². The van der Waals surface area contributed by atoms with E-state index in [4.69, 9.17) is 5.73 Å².